The summed E-state index contributed by atoms with van der Waals surface area (Å²) in [6, 6.07) is 10.3. The molecule has 36 heavy (non-hydrogen) atoms. The van der Waals surface area contributed by atoms with Crippen molar-refractivity contribution < 1.29 is 31.9 Å². The monoisotopic (exact) mass is 520 g/mol. The van der Waals surface area contributed by atoms with Crippen LogP contribution in [0.15, 0.2) is 54.7 Å². The maximum absolute atomic E-state index is 14.7. The van der Waals surface area contributed by atoms with E-state index in [2.05, 4.69) is 10.3 Å². The van der Waals surface area contributed by atoms with Crippen molar-refractivity contribution in [1.29, 1.82) is 0 Å². The zero-order chi connectivity index (χ0) is 26.1. The molecule has 0 unspecified atom stereocenters. The second kappa shape index (κ2) is 9.89. The van der Waals surface area contributed by atoms with Crippen LogP contribution in [0.4, 0.5) is 23.4 Å². The number of hydrogen-bond acceptors (Lipinski definition) is 4. The van der Waals surface area contributed by atoms with Gasteiger partial charge in [0.05, 0.1) is 10.6 Å². The predicted molar refractivity (Wildman–Crippen MR) is 126 cm³/mol. The van der Waals surface area contributed by atoms with Crippen LogP contribution in [-0.2, 0) is 28.6 Å². The molecule has 1 aromatic heterocycles. The minimum absolute atomic E-state index is 0.101. The molecule has 1 N–H and O–H groups in total. The zero-order valence-corrected chi connectivity index (χ0v) is 19.8. The van der Waals surface area contributed by atoms with Gasteiger partial charge in [-0.15, -0.1) is 0 Å². The lowest BCUT2D eigenvalue weighted by Gasteiger charge is -2.12. The molecule has 2 aromatic carbocycles. The number of ketones is 1. The molecule has 1 fully saturated rings. The highest BCUT2D eigenvalue weighted by atomic mass is 35.5. The lowest BCUT2D eigenvalue weighted by atomic mass is 10.0. The molecule has 1 amide bonds. The molecule has 5 nitrogen and oxygen atoms in total. The molecule has 1 aliphatic carbocycles. The van der Waals surface area contributed by atoms with Crippen LogP contribution in [0.3, 0.4) is 0 Å². The lowest BCUT2D eigenvalue weighted by Crippen LogP contribution is -2.21. The Morgan fingerprint density at radius 3 is 2.36 bits per heavy atom. The van der Waals surface area contributed by atoms with Gasteiger partial charge in [0.25, 0.3) is 0 Å². The van der Waals surface area contributed by atoms with E-state index < -0.39 is 28.4 Å². The number of halogens is 5. The fourth-order valence-electron chi connectivity index (χ4n) is 3.51. The molecule has 188 valence electrons. The van der Waals surface area contributed by atoms with Crippen LogP contribution in [0.2, 0.25) is 5.02 Å². The molecular formula is C26H21ClF4N2O3. The van der Waals surface area contributed by atoms with Crippen molar-refractivity contribution in [2.45, 2.75) is 38.8 Å². The molecular weight excluding hydrogens is 500 g/mol. The second-order valence-electron chi connectivity index (χ2n) is 8.96. The number of alkyl halides is 3. The van der Waals surface area contributed by atoms with Gasteiger partial charge in [0.2, 0.25) is 5.91 Å². The number of nitrogens with zero attached hydrogens (tertiary/aromatic N) is 1. The Bertz CT molecular complexity index is 1320. The summed E-state index contributed by atoms with van der Waals surface area (Å²) in [5.41, 5.74) is -0.891. The minimum atomic E-state index is -4.63. The molecule has 4 rings (SSSR count). The summed E-state index contributed by atoms with van der Waals surface area (Å²) in [7, 11) is 0. The number of hydrogen-bond donors (Lipinski definition) is 1. The van der Waals surface area contributed by atoms with Crippen molar-refractivity contribution in [2.75, 3.05) is 5.32 Å². The lowest BCUT2D eigenvalue weighted by molar-refractivity contribution is -0.137. The average Bonchev–Trinajstić information content (AvgIpc) is 3.55. The maximum Gasteiger partial charge on any atom is 0.417 e. The standard InChI is InChI=1S/C26H21ClF4N2O3/c1-25(7-8-25)24(35)33-23-14-18(6-9-32-23)36-22-5-3-16(13-21(22)28)11-17(34)10-15-2-4-20(27)19(12-15)26(29,30)31/h2-6,9,12-14H,7-8,10-11H2,1H3,(H,32,33,35). The molecule has 0 spiro atoms. The van der Waals surface area contributed by atoms with Crippen LogP contribution in [-0.4, -0.2) is 16.7 Å². The first-order valence-corrected chi connectivity index (χ1v) is 11.4. The van der Waals surface area contributed by atoms with Gasteiger partial charge in [-0.2, -0.15) is 13.2 Å². The fourth-order valence-corrected chi connectivity index (χ4v) is 3.73. The molecule has 0 radical (unpaired) electrons. The third-order valence-electron chi connectivity index (χ3n) is 5.88. The van der Waals surface area contributed by atoms with Crippen LogP contribution in [0.1, 0.15) is 36.5 Å². The summed E-state index contributed by atoms with van der Waals surface area (Å²) >= 11 is 5.61. The van der Waals surface area contributed by atoms with Gasteiger partial charge in [0, 0.05) is 30.5 Å². The smallest absolute Gasteiger partial charge is 0.417 e. The van der Waals surface area contributed by atoms with E-state index in [0.29, 0.717) is 5.56 Å². The Hall–Kier alpha value is -3.46. The number of nitrogens with one attached hydrogen (secondary N) is 1. The number of aromatic nitrogens is 1. The highest BCUT2D eigenvalue weighted by Gasteiger charge is 2.45. The number of ether oxygens (including phenoxy) is 1. The molecule has 1 aliphatic rings. The first kappa shape index (κ1) is 25.6. The normalized spacial score (nSPS) is 14.3. The Labute approximate surface area is 209 Å². The zero-order valence-electron chi connectivity index (χ0n) is 19.1. The van der Waals surface area contributed by atoms with Crippen molar-refractivity contribution in [3.63, 3.8) is 0 Å². The molecule has 3 aromatic rings. The SMILES string of the molecule is CC1(C(=O)Nc2cc(Oc3ccc(CC(=O)Cc4ccc(Cl)c(C(F)(F)F)c4)cc3F)ccn2)CC1. The van der Waals surface area contributed by atoms with Gasteiger partial charge in [0.1, 0.15) is 17.4 Å². The van der Waals surface area contributed by atoms with Gasteiger partial charge >= 0.3 is 6.18 Å². The first-order chi connectivity index (χ1) is 16.9. The number of benzene rings is 2. The van der Waals surface area contributed by atoms with Crippen LogP contribution < -0.4 is 10.1 Å². The highest BCUT2D eigenvalue weighted by molar-refractivity contribution is 6.31. The van der Waals surface area contributed by atoms with Crippen LogP contribution in [0, 0.1) is 11.2 Å². The van der Waals surface area contributed by atoms with Crippen molar-refractivity contribution in [3.8, 4) is 11.5 Å². The Balaban J connectivity index is 1.39. The van der Waals surface area contributed by atoms with Crippen molar-refractivity contribution in [1.82, 2.24) is 4.98 Å². The largest absolute Gasteiger partial charge is 0.454 e. The number of anilines is 1. The third-order valence-corrected chi connectivity index (χ3v) is 6.21. The molecule has 10 heteroatoms. The second-order valence-corrected chi connectivity index (χ2v) is 9.37. The van der Waals surface area contributed by atoms with Crippen LogP contribution in [0.5, 0.6) is 11.5 Å². The van der Waals surface area contributed by atoms with E-state index in [1.807, 2.05) is 6.92 Å². The van der Waals surface area contributed by atoms with E-state index in [9.17, 15) is 27.2 Å². The number of Topliss-reactive ketones (excluding diaryl/α,β-unsaturated/α-hetero) is 1. The van der Waals surface area contributed by atoms with E-state index in [1.54, 1.807) is 0 Å². The van der Waals surface area contributed by atoms with E-state index in [1.165, 1.54) is 36.5 Å². The van der Waals surface area contributed by atoms with Gasteiger partial charge in [-0.1, -0.05) is 30.7 Å². The third kappa shape index (κ3) is 6.20. The summed E-state index contributed by atoms with van der Waals surface area (Å²) in [5, 5.41) is 2.27. The molecule has 1 heterocycles. The van der Waals surface area contributed by atoms with E-state index in [0.717, 1.165) is 31.0 Å². The summed E-state index contributed by atoms with van der Waals surface area (Å²) in [5.74, 6) is -0.815. The van der Waals surface area contributed by atoms with Gasteiger partial charge < -0.3 is 10.1 Å². The molecule has 0 atom stereocenters. The van der Waals surface area contributed by atoms with Crippen LogP contribution >= 0.6 is 11.6 Å². The minimum Gasteiger partial charge on any atom is -0.454 e. The van der Waals surface area contributed by atoms with Gasteiger partial charge in [-0.25, -0.2) is 9.37 Å². The molecule has 1 saturated carbocycles. The summed E-state index contributed by atoms with van der Waals surface area (Å²) < 4.78 is 59.3. The number of carbonyl (C=O) groups is 2. The van der Waals surface area contributed by atoms with Crippen LogP contribution in [0.25, 0.3) is 0 Å². The Morgan fingerprint density at radius 2 is 1.72 bits per heavy atom. The number of rotatable bonds is 8. The quantitative estimate of drug-likeness (QED) is 0.332. The average molecular weight is 521 g/mol. The molecule has 0 aliphatic heterocycles. The number of carbonyl (C=O) groups excluding carboxylic acids is 2. The Kier molecular flexibility index (Phi) is 7.04. The van der Waals surface area contributed by atoms with E-state index in [4.69, 9.17) is 16.3 Å². The topological polar surface area (TPSA) is 68.3 Å². The predicted octanol–water partition coefficient (Wildman–Crippen LogP) is 6.78. The molecule has 0 saturated heterocycles. The van der Waals surface area contributed by atoms with Gasteiger partial charge in [0.15, 0.2) is 11.6 Å². The first-order valence-electron chi connectivity index (χ1n) is 11.0. The van der Waals surface area contributed by atoms with Crippen molar-refractivity contribution >= 4 is 29.1 Å². The Morgan fingerprint density at radius 1 is 1.06 bits per heavy atom. The van der Waals surface area contributed by atoms with Crippen molar-refractivity contribution in [3.05, 3.63) is 82.3 Å². The summed E-state index contributed by atoms with van der Waals surface area (Å²) in [6.07, 6.45) is -2.03. The van der Waals surface area contributed by atoms with E-state index >= 15 is 0 Å². The fraction of sp³-hybridized carbons (Fsp3) is 0.269. The summed E-state index contributed by atoms with van der Waals surface area (Å²) in [4.78, 5) is 28.7. The van der Waals surface area contributed by atoms with Gasteiger partial charge in [-0.3, -0.25) is 9.59 Å². The van der Waals surface area contributed by atoms with E-state index in [-0.39, 0.29) is 47.0 Å². The summed E-state index contributed by atoms with van der Waals surface area (Å²) in [6.45, 7) is 1.86. The number of amides is 1. The van der Waals surface area contributed by atoms with Gasteiger partial charge in [-0.05, 0) is 54.3 Å². The maximum atomic E-state index is 14.7. The highest BCUT2D eigenvalue weighted by Crippen LogP contribution is 2.45. The molecule has 0 bridgehead atoms. The van der Waals surface area contributed by atoms with Crippen molar-refractivity contribution in [2.24, 2.45) is 5.41 Å². The number of pyridine rings is 1.